The van der Waals surface area contributed by atoms with Crippen LogP contribution in [0.1, 0.15) is 64.2 Å². The van der Waals surface area contributed by atoms with Crippen molar-refractivity contribution in [2.24, 2.45) is 11.8 Å². The molecule has 2 N–H and O–H groups in total. The molecule has 172 valence electrons. The monoisotopic (exact) mass is 420 g/mol. The minimum atomic E-state index is 0.358. The van der Waals surface area contributed by atoms with Gasteiger partial charge < -0.3 is 25.0 Å². The van der Waals surface area contributed by atoms with E-state index in [-0.39, 0.29) is 0 Å². The van der Waals surface area contributed by atoms with Crippen LogP contribution in [0.25, 0.3) is 0 Å². The van der Waals surface area contributed by atoms with Gasteiger partial charge in [-0.05, 0) is 95.7 Å². The van der Waals surface area contributed by atoms with Crippen LogP contribution >= 0.6 is 0 Å². The van der Waals surface area contributed by atoms with Crippen LogP contribution < -0.4 is 10.6 Å². The molecule has 0 amide bonds. The molecule has 5 fully saturated rings. The number of fused-ring (bicyclic) bond motifs is 1. The maximum absolute atomic E-state index is 5.88. The van der Waals surface area contributed by atoms with Crippen LogP contribution in [-0.4, -0.2) is 86.8 Å². The first-order valence-corrected chi connectivity index (χ1v) is 13.0. The number of hydrogen-bond acceptors (Lipinski definition) is 6. The van der Waals surface area contributed by atoms with Crippen molar-refractivity contribution >= 4 is 0 Å². The van der Waals surface area contributed by atoms with Crippen LogP contribution in [0, 0.1) is 11.8 Å². The third-order valence-electron chi connectivity index (χ3n) is 8.41. The van der Waals surface area contributed by atoms with Crippen LogP contribution in [-0.2, 0) is 9.47 Å². The number of piperidine rings is 2. The molecule has 6 atom stereocenters. The van der Waals surface area contributed by atoms with Gasteiger partial charge in [0.15, 0.2) is 0 Å². The zero-order chi connectivity index (χ0) is 20.2. The Balaban J connectivity index is 1.21. The summed E-state index contributed by atoms with van der Waals surface area (Å²) in [7, 11) is 0. The minimum absolute atomic E-state index is 0.358. The van der Waals surface area contributed by atoms with Gasteiger partial charge in [0, 0.05) is 32.2 Å². The Morgan fingerprint density at radius 3 is 2.60 bits per heavy atom. The van der Waals surface area contributed by atoms with E-state index in [4.69, 9.17) is 9.47 Å². The van der Waals surface area contributed by atoms with E-state index in [2.05, 4.69) is 20.4 Å². The van der Waals surface area contributed by atoms with Crippen molar-refractivity contribution in [3.63, 3.8) is 0 Å². The quantitative estimate of drug-likeness (QED) is 0.660. The summed E-state index contributed by atoms with van der Waals surface area (Å²) >= 11 is 0. The van der Waals surface area contributed by atoms with E-state index in [1.165, 1.54) is 110 Å². The highest BCUT2D eigenvalue weighted by Crippen LogP contribution is 2.33. The van der Waals surface area contributed by atoms with Crippen LogP contribution in [0.3, 0.4) is 0 Å². The number of ether oxygens (including phenoxy) is 2. The molecule has 6 nitrogen and oxygen atoms in total. The van der Waals surface area contributed by atoms with E-state index in [0.29, 0.717) is 25.2 Å². The van der Waals surface area contributed by atoms with Gasteiger partial charge in [0.25, 0.3) is 0 Å². The first-order valence-electron chi connectivity index (χ1n) is 13.0. The third-order valence-corrected chi connectivity index (χ3v) is 8.41. The van der Waals surface area contributed by atoms with Gasteiger partial charge in [-0.2, -0.15) is 0 Å². The van der Waals surface area contributed by atoms with Crippen molar-refractivity contribution in [3.05, 3.63) is 0 Å². The predicted octanol–water partition coefficient (Wildman–Crippen LogP) is 2.39. The van der Waals surface area contributed by atoms with Crippen LogP contribution in [0.15, 0.2) is 0 Å². The molecule has 1 aliphatic carbocycles. The lowest BCUT2D eigenvalue weighted by molar-refractivity contribution is 0.0365. The fraction of sp³-hybridized carbons (Fsp3) is 1.00. The molecule has 4 saturated heterocycles. The fourth-order valence-electron chi connectivity index (χ4n) is 6.84. The summed E-state index contributed by atoms with van der Waals surface area (Å²) in [4.78, 5) is 5.69. The van der Waals surface area contributed by atoms with Crippen LogP contribution in [0.5, 0.6) is 0 Å². The summed E-state index contributed by atoms with van der Waals surface area (Å²) in [6.45, 7) is 9.23. The molecule has 4 aliphatic heterocycles. The fourth-order valence-corrected chi connectivity index (χ4v) is 6.84. The SMILES string of the molecule is C1CCC(N2CCCC2CN(CC2CCCNC2)CC2CCC3OCOC3C2)NC1. The topological polar surface area (TPSA) is 49.0 Å². The van der Waals surface area contributed by atoms with Crippen molar-refractivity contribution < 1.29 is 9.47 Å². The van der Waals surface area contributed by atoms with Crippen LogP contribution in [0.4, 0.5) is 0 Å². The first kappa shape index (κ1) is 21.6. The normalized spacial score (nSPS) is 40.7. The number of nitrogens with zero attached hydrogens (tertiary/aromatic N) is 2. The Kier molecular flexibility index (Phi) is 7.62. The van der Waals surface area contributed by atoms with Crippen molar-refractivity contribution in [3.8, 4) is 0 Å². The Bertz CT molecular complexity index is 523. The summed E-state index contributed by atoms with van der Waals surface area (Å²) in [5.74, 6) is 1.59. The molecule has 5 aliphatic rings. The smallest absolute Gasteiger partial charge is 0.147 e. The number of hydrogen-bond donors (Lipinski definition) is 2. The average molecular weight is 421 g/mol. The van der Waals surface area contributed by atoms with E-state index >= 15 is 0 Å². The van der Waals surface area contributed by atoms with E-state index < -0.39 is 0 Å². The molecule has 0 bridgehead atoms. The van der Waals surface area contributed by atoms with Gasteiger partial charge >= 0.3 is 0 Å². The van der Waals surface area contributed by atoms with Crippen molar-refractivity contribution in [2.75, 3.05) is 52.6 Å². The predicted molar refractivity (Wildman–Crippen MR) is 119 cm³/mol. The first-order chi connectivity index (χ1) is 14.8. The Hall–Kier alpha value is -0.240. The molecule has 1 saturated carbocycles. The Labute approximate surface area is 183 Å². The molecule has 30 heavy (non-hydrogen) atoms. The maximum Gasteiger partial charge on any atom is 0.147 e. The highest BCUT2D eigenvalue weighted by molar-refractivity contribution is 4.90. The van der Waals surface area contributed by atoms with Gasteiger partial charge in [0.1, 0.15) is 6.79 Å². The van der Waals surface area contributed by atoms with Gasteiger partial charge in [-0.1, -0.05) is 0 Å². The molecule has 6 heteroatoms. The standard InChI is InChI=1S/C24H44N4O2/c1-2-11-26-24(7-1)28-12-4-6-21(28)17-27(16-20-5-3-10-25-14-20)15-19-8-9-22-23(13-19)30-18-29-22/h19-26H,1-18H2. The molecule has 0 aromatic rings. The lowest BCUT2D eigenvalue weighted by atomic mass is 9.84. The van der Waals surface area contributed by atoms with Gasteiger partial charge in [0.05, 0.1) is 18.4 Å². The van der Waals surface area contributed by atoms with Crippen LogP contribution in [0.2, 0.25) is 0 Å². The molecule has 6 unspecified atom stereocenters. The number of likely N-dealkylation sites (tertiary alicyclic amines) is 1. The van der Waals surface area contributed by atoms with E-state index in [1.54, 1.807) is 0 Å². The summed E-state index contributed by atoms with van der Waals surface area (Å²) < 4.78 is 11.6. The summed E-state index contributed by atoms with van der Waals surface area (Å²) in [5, 5.41) is 7.46. The highest BCUT2D eigenvalue weighted by atomic mass is 16.7. The summed E-state index contributed by atoms with van der Waals surface area (Å²) in [6.07, 6.45) is 14.6. The van der Waals surface area contributed by atoms with E-state index in [1.807, 2.05) is 0 Å². The third kappa shape index (κ3) is 5.38. The average Bonchev–Trinajstić information content (AvgIpc) is 3.44. The second-order valence-corrected chi connectivity index (χ2v) is 10.6. The molecule has 0 radical (unpaired) electrons. The molecule has 0 spiro atoms. The number of rotatable bonds is 7. The molecular formula is C24H44N4O2. The number of nitrogens with one attached hydrogen (secondary N) is 2. The van der Waals surface area contributed by atoms with Crippen molar-refractivity contribution in [1.82, 2.24) is 20.4 Å². The lowest BCUT2D eigenvalue weighted by Gasteiger charge is -2.41. The second-order valence-electron chi connectivity index (χ2n) is 10.6. The largest absolute Gasteiger partial charge is 0.349 e. The Morgan fingerprint density at radius 1 is 0.800 bits per heavy atom. The van der Waals surface area contributed by atoms with Gasteiger partial charge in [0.2, 0.25) is 0 Å². The molecule has 0 aromatic heterocycles. The van der Waals surface area contributed by atoms with Gasteiger partial charge in [-0.3, -0.25) is 4.90 Å². The summed E-state index contributed by atoms with van der Waals surface area (Å²) in [5.41, 5.74) is 0. The van der Waals surface area contributed by atoms with Crippen molar-refractivity contribution in [1.29, 1.82) is 0 Å². The second kappa shape index (κ2) is 10.6. The maximum atomic E-state index is 5.88. The Morgan fingerprint density at radius 2 is 1.73 bits per heavy atom. The molecular weight excluding hydrogens is 376 g/mol. The molecule has 5 rings (SSSR count). The molecule has 4 heterocycles. The summed E-state index contributed by atoms with van der Waals surface area (Å²) in [6, 6.07) is 0.736. The zero-order valence-corrected chi connectivity index (χ0v) is 18.9. The van der Waals surface area contributed by atoms with E-state index in [9.17, 15) is 0 Å². The van der Waals surface area contributed by atoms with E-state index in [0.717, 1.165) is 17.9 Å². The zero-order valence-electron chi connectivity index (χ0n) is 18.9. The minimum Gasteiger partial charge on any atom is -0.349 e. The van der Waals surface area contributed by atoms with Gasteiger partial charge in [-0.25, -0.2) is 0 Å². The van der Waals surface area contributed by atoms with Crippen molar-refractivity contribution in [2.45, 2.75) is 88.6 Å². The molecule has 0 aromatic carbocycles. The lowest BCUT2D eigenvalue weighted by Crippen LogP contribution is -2.54. The highest BCUT2D eigenvalue weighted by Gasteiger charge is 2.38. The van der Waals surface area contributed by atoms with Gasteiger partial charge in [-0.15, -0.1) is 0 Å².